The molecule has 1 amide bonds. The number of benzene rings is 1. The number of alkyl halides is 3. The lowest BCUT2D eigenvalue weighted by Gasteiger charge is -2.34. The number of aliphatic imine (C=N–C) groups is 1. The van der Waals surface area contributed by atoms with Crippen LogP contribution in [-0.2, 0) is 10.3 Å². The lowest BCUT2D eigenvalue weighted by molar-refractivity contribution is -0.153. The highest BCUT2D eigenvalue weighted by atomic mass is 32.2. The first-order chi connectivity index (χ1) is 16.0. The van der Waals surface area contributed by atoms with Crippen molar-refractivity contribution >= 4 is 28.5 Å². The van der Waals surface area contributed by atoms with Crippen LogP contribution in [-0.4, -0.2) is 47.3 Å². The molecule has 7 nitrogen and oxygen atoms in total. The van der Waals surface area contributed by atoms with Crippen molar-refractivity contribution in [1.82, 2.24) is 4.98 Å². The SMILES string of the molecule is COC[C@]12C[C@H]1[C@](C)(c1cc(NC(=O)c3ccc(OCC(F)(F)F)cn3)ccc1F)N=C(N)S2. The van der Waals surface area contributed by atoms with E-state index < -0.39 is 30.0 Å². The first kappa shape index (κ1) is 24.3. The zero-order valence-corrected chi connectivity index (χ0v) is 19.1. The van der Waals surface area contributed by atoms with Crippen LogP contribution in [0.5, 0.6) is 5.75 Å². The molecule has 1 aliphatic heterocycles. The maximum Gasteiger partial charge on any atom is 0.422 e. The molecule has 0 unspecified atom stereocenters. The van der Waals surface area contributed by atoms with E-state index in [4.69, 9.17) is 10.5 Å². The van der Waals surface area contributed by atoms with Crippen molar-refractivity contribution < 1.29 is 31.8 Å². The largest absolute Gasteiger partial charge is 0.483 e. The van der Waals surface area contributed by atoms with E-state index in [1.165, 1.54) is 42.1 Å². The Morgan fingerprint density at radius 2 is 2.09 bits per heavy atom. The van der Waals surface area contributed by atoms with Crippen LogP contribution in [0.15, 0.2) is 41.5 Å². The van der Waals surface area contributed by atoms with E-state index in [1.54, 1.807) is 7.11 Å². The van der Waals surface area contributed by atoms with Gasteiger partial charge in [0.15, 0.2) is 11.8 Å². The molecule has 4 rings (SSSR count). The Morgan fingerprint density at radius 3 is 2.74 bits per heavy atom. The number of amidine groups is 1. The van der Waals surface area contributed by atoms with Gasteiger partial charge in [0.25, 0.3) is 5.91 Å². The smallest absolute Gasteiger partial charge is 0.422 e. The number of hydrogen-bond donors (Lipinski definition) is 2. The first-order valence-corrected chi connectivity index (χ1v) is 11.1. The number of amides is 1. The summed E-state index contributed by atoms with van der Waals surface area (Å²) in [6.07, 6.45) is -2.70. The number of carbonyl (C=O) groups excluding carboxylic acids is 1. The number of pyridine rings is 1. The Hall–Kier alpha value is -2.86. The molecule has 1 fully saturated rings. The molecular formula is C22H22F4N4O3S. The van der Waals surface area contributed by atoms with E-state index in [0.717, 1.165) is 12.6 Å². The molecule has 2 aromatic rings. The highest BCUT2D eigenvalue weighted by Gasteiger charge is 2.66. The van der Waals surface area contributed by atoms with Gasteiger partial charge in [0.2, 0.25) is 0 Å². The minimum absolute atomic E-state index is 0.00334. The molecule has 2 aliphatic rings. The van der Waals surface area contributed by atoms with Gasteiger partial charge in [-0.2, -0.15) is 13.2 Å². The monoisotopic (exact) mass is 498 g/mol. The standard InChI is InChI=1S/C22H22F4N4O3S/c1-20(17-8-21(17,10-32-2)34-19(27)30-20)14-7-12(3-5-15(14)23)29-18(31)16-6-4-13(9-28-16)33-11-22(24,25)26/h3-7,9,17H,8,10-11H2,1-2H3,(H2,27,30)(H,29,31)/t17-,20-,21+/m0/s1. The van der Waals surface area contributed by atoms with E-state index in [1.807, 2.05) is 6.92 Å². The number of hydrogen-bond acceptors (Lipinski definition) is 7. The van der Waals surface area contributed by atoms with E-state index >= 15 is 0 Å². The van der Waals surface area contributed by atoms with E-state index in [-0.39, 0.29) is 22.1 Å². The molecule has 1 aromatic carbocycles. The molecule has 3 atom stereocenters. The summed E-state index contributed by atoms with van der Waals surface area (Å²) < 4.78 is 61.4. The molecular weight excluding hydrogens is 476 g/mol. The molecule has 0 saturated heterocycles. The van der Waals surface area contributed by atoms with E-state index in [2.05, 4.69) is 20.0 Å². The summed E-state index contributed by atoms with van der Waals surface area (Å²) in [4.78, 5) is 21.0. The lowest BCUT2D eigenvalue weighted by atomic mass is 9.85. The van der Waals surface area contributed by atoms with Crippen molar-refractivity contribution in [2.45, 2.75) is 29.8 Å². The van der Waals surface area contributed by atoms with Crippen molar-refractivity contribution in [3.8, 4) is 5.75 Å². The quantitative estimate of drug-likeness (QED) is 0.558. The number of halogens is 4. The molecule has 1 aliphatic carbocycles. The Bertz CT molecular complexity index is 1130. The third-order valence-electron chi connectivity index (χ3n) is 5.88. The average molecular weight is 499 g/mol. The second-order valence-electron chi connectivity index (χ2n) is 8.39. The predicted octanol–water partition coefficient (Wildman–Crippen LogP) is 4.10. The first-order valence-electron chi connectivity index (χ1n) is 10.3. The topological polar surface area (TPSA) is 98.8 Å². The van der Waals surface area contributed by atoms with Crippen LogP contribution in [0.4, 0.5) is 23.2 Å². The minimum Gasteiger partial charge on any atom is -0.483 e. The summed E-state index contributed by atoms with van der Waals surface area (Å²) in [6.45, 7) is 0.808. The number of rotatable bonds is 7. The number of methoxy groups -OCH3 is 1. The molecule has 3 N–H and O–H groups in total. The fourth-order valence-corrected chi connectivity index (χ4v) is 5.73. The second kappa shape index (κ2) is 8.73. The summed E-state index contributed by atoms with van der Waals surface area (Å²) in [5.74, 6) is -1.22. The highest BCUT2D eigenvalue weighted by molar-refractivity contribution is 8.15. The third-order valence-corrected chi connectivity index (χ3v) is 7.16. The van der Waals surface area contributed by atoms with Gasteiger partial charge in [-0.25, -0.2) is 9.37 Å². The average Bonchev–Trinajstić information content (AvgIpc) is 3.48. The van der Waals surface area contributed by atoms with E-state index in [0.29, 0.717) is 23.0 Å². The number of fused-ring (bicyclic) bond motifs is 1. The Morgan fingerprint density at radius 1 is 1.32 bits per heavy atom. The van der Waals surface area contributed by atoms with E-state index in [9.17, 15) is 22.4 Å². The number of ether oxygens (including phenoxy) is 2. The molecule has 0 spiro atoms. The van der Waals surface area contributed by atoms with Gasteiger partial charge in [-0.3, -0.25) is 9.79 Å². The van der Waals surface area contributed by atoms with Crippen molar-refractivity contribution in [1.29, 1.82) is 0 Å². The number of nitrogens with one attached hydrogen (secondary N) is 1. The molecule has 0 bridgehead atoms. The van der Waals surface area contributed by atoms with Gasteiger partial charge in [-0.05, 0) is 43.7 Å². The Balaban J connectivity index is 1.52. The van der Waals surface area contributed by atoms with Gasteiger partial charge in [-0.1, -0.05) is 11.8 Å². The lowest BCUT2D eigenvalue weighted by Crippen LogP contribution is -2.37. The molecule has 0 radical (unpaired) electrons. The Labute approximate surface area is 197 Å². The van der Waals surface area contributed by atoms with Gasteiger partial charge in [-0.15, -0.1) is 0 Å². The molecule has 2 heterocycles. The fourth-order valence-electron chi connectivity index (χ4n) is 4.28. The van der Waals surface area contributed by atoms with Gasteiger partial charge < -0.3 is 20.5 Å². The summed E-state index contributed by atoms with van der Waals surface area (Å²) in [7, 11) is 1.60. The molecule has 1 aromatic heterocycles. The highest BCUT2D eigenvalue weighted by Crippen LogP contribution is 2.66. The number of thioether (sulfide) groups is 1. The van der Waals surface area contributed by atoms with Crippen LogP contribution in [0.25, 0.3) is 0 Å². The van der Waals surface area contributed by atoms with Crippen molar-refractivity contribution in [3.63, 3.8) is 0 Å². The number of nitrogens with zero attached hydrogens (tertiary/aromatic N) is 2. The number of anilines is 1. The van der Waals surface area contributed by atoms with Crippen molar-refractivity contribution in [3.05, 3.63) is 53.6 Å². The van der Waals surface area contributed by atoms with Crippen molar-refractivity contribution in [2.75, 3.05) is 25.6 Å². The van der Waals surface area contributed by atoms with Crippen molar-refractivity contribution in [2.24, 2.45) is 16.6 Å². The third kappa shape index (κ3) is 4.83. The zero-order chi connectivity index (χ0) is 24.7. The number of aromatic nitrogens is 1. The van der Waals surface area contributed by atoms with Crippen LogP contribution in [0, 0.1) is 11.7 Å². The number of carbonyl (C=O) groups is 1. The van der Waals surface area contributed by atoms with Gasteiger partial charge >= 0.3 is 6.18 Å². The fraction of sp³-hybridized carbons (Fsp3) is 0.409. The van der Waals surface area contributed by atoms with Gasteiger partial charge in [0, 0.05) is 24.3 Å². The minimum atomic E-state index is -4.48. The predicted molar refractivity (Wildman–Crippen MR) is 119 cm³/mol. The summed E-state index contributed by atoms with van der Waals surface area (Å²) in [5, 5.41) is 2.98. The summed E-state index contributed by atoms with van der Waals surface area (Å²) in [6, 6.07) is 6.60. The summed E-state index contributed by atoms with van der Waals surface area (Å²) in [5.41, 5.74) is 5.69. The molecule has 182 valence electrons. The van der Waals surface area contributed by atoms with Gasteiger partial charge in [0.05, 0.1) is 23.1 Å². The Kier molecular flexibility index (Phi) is 6.23. The van der Waals surface area contributed by atoms with Crippen LogP contribution < -0.4 is 15.8 Å². The number of nitrogens with two attached hydrogens (primary N) is 1. The molecule has 1 saturated carbocycles. The van der Waals surface area contributed by atoms with Crippen LogP contribution in [0.1, 0.15) is 29.4 Å². The molecule has 34 heavy (non-hydrogen) atoms. The zero-order valence-electron chi connectivity index (χ0n) is 18.3. The normalized spacial score (nSPS) is 25.8. The van der Waals surface area contributed by atoms with Crippen LogP contribution in [0.3, 0.4) is 0 Å². The maximum atomic E-state index is 14.9. The van der Waals surface area contributed by atoms with Crippen LogP contribution in [0.2, 0.25) is 0 Å². The van der Waals surface area contributed by atoms with Gasteiger partial charge in [0.1, 0.15) is 17.3 Å². The molecule has 12 heteroatoms. The maximum absolute atomic E-state index is 14.9. The second-order valence-corrected chi connectivity index (χ2v) is 9.82. The van der Waals surface area contributed by atoms with Crippen LogP contribution >= 0.6 is 11.8 Å². The summed E-state index contributed by atoms with van der Waals surface area (Å²) >= 11 is 1.44.